The van der Waals surface area contributed by atoms with E-state index < -0.39 is 5.54 Å². The van der Waals surface area contributed by atoms with Gasteiger partial charge in [-0.05, 0) is 67.1 Å². The number of rotatable bonds is 6. The molecule has 3 atom stereocenters. The van der Waals surface area contributed by atoms with Gasteiger partial charge in [0.05, 0.1) is 32.7 Å². The monoisotopic (exact) mass is 382 g/mol. The predicted octanol–water partition coefficient (Wildman–Crippen LogP) is 3.23. The topological polar surface area (TPSA) is 77.6 Å². The molecular weight excluding hydrogens is 352 g/mol. The van der Waals surface area contributed by atoms with Crippen molar-refractivity contribution in [2.24, 2.45) is 11.7 Å². The Morgan fingerprint density at radius 2 is 2.04 bits per heavy atom. The maximum atomic E-state index is 9.53. The van der Waals surface area contributed by atoms with E-state index in [2.05, 4.69) is 23.2 Å². The first-order valence-electron chi connectivity index (χ1n) is 10.2. The van der Waals surface area contributed by atoms with E-state index in [1.807, 2.05) is 6.07 Å². The van der Waals surface area contributed by atoms with Crippen molar-refractivity contribution >= 4 is 0 Å². The first kappa shape index (κ1) is 19.2. The lowest BCUT2D eigenvalue weighted by atomic mass is 9.82. The summed E-state index contributed by atoms with van der Waals surface area (Å²) in [6.45, 7) is 0.782. The molecule has 28 heavy (non-hydrogen) atoms. The van der Waals surface area contributed by atoms with E-state index in [9.17, 15) is 5.11 Å². The van der Waals surface area contributed by atoms with Gasteiger partial charge in [-0.15, -0.1) is 0 Å². The highest BCUT2D eigenvalue weighted by atomic mass is 16.5. The molecule has 0 radical (unpaired) electrons. The van der Waals surface area contributed by atoms with Crippen molar-refractivity contribution in [2.45, 2.75) is 50.0 Å². The van der Waals surface area contributed by atoms with Gasteiger partial charge in [-0.3, -0.25) is 4.98 Å². The second-order valence-corrected chi connectivity index (χ2v) is 8.47. The van der Waals surface area contributed by atoms with Crippen LogP contribution in [0.1, 0.15) is 48.3 Å². The van der Waals surface area contributed by atoms with Crippen LogP contribution >= 0.6 is 0 Å². The number of fused-ring (bicyclic) bond motifs is 1. The number of hydrogen-bond acceptors (Lipinski definition) is 5. The van der Waals surface area contributed by atoms with Crippen LogP contribution in [0.15, 0.2) is 36.7 Å². The van der Waals surface area contributed by atoms with Crippen molar-refractivity contribution < 1.29 is 14.6 Å². The van der Waals surface area contributed by atoms with Crippen LogP contribution in [0.4, 0.5) is 0 Å². The molecule has 0 bridgehead atoms. The molecule has 4 rings (SSSR count). The highest BCUT2D eigenvalue weighted by molar-refractivity contribution is 5.37. The number of aryl methyl sites for hydroxylation is 1. The molecule has 1 aromatic heterocycles. The van der Waals surface area contributed by atoms with Gasteiger partial charge in [0.15, 0.2) is 0 Å². The number of ether oxygens (including phenoxy) is 2. The van der Waals surface area contributed by atoms with E-state index in [-0.39, 0.29) is 6.61 Å². The largest absolute Gasteiger partial charge is 0.495 e. The summed E-state index contributed by atoms with van der Waals surface area (Å²) in [5.74, 6) is 2.47. The Hall–Kier alpha value is -2.11. The summed E-state index contributed by atoms with van der Waals surface area (Å²) in [5.41, 5.74) is 10.2. The third-order valence-corrected chi connectivity index (χ3v) is 6.40. The van der Waals surface area contributed by atoms with Crippen molar-refractivity contribution in [2.75, 3.05) is 20.3 Å². The van der Waals surface area contributed by atoms with Crippen molar-refractivity contribution in [3.63, 3.8) is 0 Å². The molecule has 0 aliphatic heterocycles. The Bertz CT molecular complexity index is 825. The van der Waals surface area contributed by atoms with Crippen LogP contribution in [0.25, 0.3) is 0 Å². The van der Waals surface area contributed by atoms with Crippen LogP contribution in [0.2, 0.25) is 0 Å². The van der Waals surface area contributed by atoms with Crippen LogP contribution in [-0.2, 0) is 12.8 Å². The lowest BCUT2D eigenvalue weighted by Crippen LogP contribution is -2.40. The van der Waals surface area contributed by atoms with Crippen LogP contribution in [-0.4, -0.2) is 36.0 Å². The van der Waals surface area contributed by atoms with E-state index in [0.29, 0.717) is 24.2 Å². The molecule has 1 saturated carbocycles. The molecule has 2 aromatic rings. The second kappa shape index (κ2) is 8.10. The fourth-order valence-electron chi connectivity index (χ4n) is 4.63. The molecule has 1 fully saturated rings. The van der Waals surface area contributed by atoms with Gasteiger partial charge in [0.2, 0.25) is 0 Å². The van der Waals surface area contributed by atoms with Gasteiger partial charge in [-0.1, -0.05) is 18.2 Å². The minimum Gasteiger partial charge on any atom is -0.495 e. The van der Waals surface area contributed by atoms with Gasteiger partial charge in [0.1, 0.15) is 11.5 Å². The van der Waals surface area contributed by atoms with Crippen molar-refractivity contribution in [1.82, 2.24) is 4.98 Å². The number of hydrogen-bond donors (Lipinski definition) is 2. The van der Waals surface area contributed by atoms with Gasteiger partial charge in [0, 0.05) is 11.6 Å². The number of aromatic nitrogens is 1. The highest BCUT2D eigenvalue weighted by Gasteiger charge is 2.36. The predicted molar refractivity (Wildman–Crippen MR) is 109 cm³/mol. The molecule has 3 N–H and O–H groups in total. The van der Waals surface area contributed by atoms with Crippen molar-refractivity contribution in [1.29, 1.82) is 0 Å². The number of methoxy groups -OCH3 is 1. The zero-order chi connectivity index (χ0) is 19.6. The van der Waals surface area contributed by atoms with Crippen LogP contribution in [0, 0.1) is 5.92 Å². The summed E-state index contributed by atoms with van der Waals surface area (Å²) < 4.78 is 11.2. The molecule has 1 aromatic carbocycles. The normalized spacial score (nSPS) is 26.7. The van der Waals surface area contributed by atoms with Gasteiger partial charge in [0.25, 0.3) is 0 Å². The molecular formula is C23H30N2O3. The summed E-state index contributed by atoms with van der Waals surface area (Å²) in [6.07, 6.45) is 9.55. The minimum atomic E-state index is -0.391. The first-order valence-corrected chi connectivity index (χ1v) is 10.2. The number of nitrogens with zero attached hydrogens (tertiary/aromatic N) is 1. The van der Waals surface area contributed by atoms with Crippen LogP contribution < -0.4 is 15.2 Å². The van der Waals surface area contributed by atoms with Gasteiger partial charge in [-0.2, -0.15) is 0 Å². The molecule has 1 unspecified atom stereocenters. The second-order valence-electron chi connectivity index (χ2n) is 8.47. The minimum absolute atomic E-state index is 0.0823. The Labute approximate surface area is 166 Å². The summed E-state index contributed by atoms with van der Waals surface area (Å²) in [6, 6.07) is 8.81. The molecule has 5 heteroatoms. The molecule has 150 valence electrons. The van der Waals surface area contributed by atoms with Gasteiger partial charge >= 0.3 is 0 Å². The smallest absolute Gasteiger partial charge is 0.141 e. The lowest BCUT2D eigenvalue weighted by molar-refractivity contribution is 0.198. The standard InChI is InChI=1S/C23H30N2O3/c1-27-21-10-22(13-25-12-21)28-14-16-2-3-18-9-19(5-4-17(18)8-16)20-6-7-23(24,11-20)15-26/h4-5,9-10,12-13,16,20,26H,2-3,6-8,11,14-15,24H2,1H3/t16?,20-,23+/m0/s1. The van der Waals surface area contributed by atoms with Gasteiger partial charge in [-0.25, -0.2) is 0 Å². The fourth-order valence-corrected chi connectivity index (χ4v) is 4.63. The number of aliphatic hydroxyl groups excluding tert-OH is 1. The first-order chi connectivity index (χ1) is 13.6. The average Bonchev–Trinajstić information content (AvgIpc) is 3.14. The summed E-state index contributed by atoms with van der Waals surface area (Å²) >= 11 is 0. The Balaban J connectivity index is 1.37. The highest BCUT2D eigenvalue weighted by Crippen LogP contribution is 2.40. The Morgan fingerprint density at radius 3 is 2.82 bits per heavy atom. The summed E-state index contributed by atoms with van der Waals surface area (Å²) in [4.78, 5) is 4.14. The van der Waals surface area contributed by atoms with Crippen molar-refractivity contribution in [3.05, 3.63) is 53.3 Å². The SMILES string of the molecule is COc1cncc(OCC2CCc3cc([C@H]4CC[C@](N)(CO)C4)ccc3C2)c1. The molecule has 0 saturated heterocycles. The molecule has 5 nitrogen and oxygen atoms in total. The van der Waals surface area contributed by atoms with E-state index >= 15 is 0 Å². The number of aliphatic hydroxyl groups is 1. The third kappa shape index (κ3) is 4.15. The van der Waals surface area contributed by atoms with Crippen LogP contribution in [0.5, 0.6) is 11.5 Å². The third-order valence-electron chi connectivity index (χ3n) is 6.40. The average molecular weight is 383 g/mol. The maximum Gasteiger partial charge on any atom is 0.141 e. The number of benzene rings is 1. The molecule has 2 aliphatic carbocycles. The molecule has 0 spiro atoms. The van der Waals surface area contributed by atoms with E-state index in [4.69, 9.17) is 15.2 Å². The van der Waals surface area contributed by atoms with E-state index in [1.54, 1.807) is 19.5 Å². The Morgan fingerprint density at radius 1 is 1.18 bits per heavy atom. The van der Waals surface area contributed by atoms with E-state index in [0.717, 1.165) is 44.3 Å². The molecule has 2 aliphatic rings. The zero-order valence-corrected chi connectivity index (χ0v) is 16.6. The quantitative estimate of drug-likeness (QED) is 0.802. The van der Waals surface area contributed by atoms with Crippen molar-refractivity contribution in [3.8, 4) is 11.5 Å². The number of pyridine rings is 1. The fraction of sp³-hybridized carbons (Fsp3) is 0.522. The Kier molecular flexibility index (Phi) is 5.56. The maximum absolute atomic E-state index is 9.53. The molecule has 0 amide bonds. The summed E-state index contributed by atoms with van der Waals surface area (Å²) in [5, 5.41) is 9.53. The zero-order valence-electron chi connectivity index (χ0n) is 16.6. The lowest BCUT2D eigenvalue weighted by Gasteiger charge is -2.26. The number of nitrogens with two attached hydrogens (primary N) is 1. The van der Waals surface area contributed by atoms with E-state index in [1.165, 1.54) is 16.7 Å². The molecule has 1 heterocycles. The summed E-state index contributed by atoms with van der Waals surface area (Å²) in [7, 11) is 1.63. The van der Waals surface area contributed by atoms with Crippen LogP contribution in [0.3, 0.4) is 0 Å². The van der Waals surface area contributed by atoms with Gasteiger partial charge < -0.3 is 20.3 Å².